The molecule has 1 aliphatic rings. The molecule has 1 aliphatic heterocycles. The van der Waals surface area contributed by atoms with Crippen LogP contribution in [0, 0.1) is 0 Å². The fourth-order valence-corrected chi connectivity index (χ4v) is 2.34. The van der Waals surface area contributed by atoms with Crippen LogP contribution in [0.5, 0.6) is 0 Å². The Morgan fingerprint density at radius 2 is 2.33 bits per heavy atom. The van der Waals surface area contributed by atoms with E-state index in [9.17, 15) is 0 Å². The first-order valence-electron chi connectivity index (χ1n) is 7.19. The molecule has 1 aromatic rings. The number of hydrogen-bond acceptors (Lipinski definition) is 3. The highest BCUT2D eigenvalue weighted by Crippen LogP contribution is 2.23. The van der Waals surface area contributed by atoms with Gasteiger partial charge in [-0.15, -0.1) is 24.0 Å². The van der Waals surface area contributed by atoms with Crippen LogP contribution in [0.4, 0.5) is 0 Å². The van der Waals surface area contributed by atoms with Gasteiger partial charge < -0.3 is 15.4 Å². The molecule has 0 spiro atoms. The summed E-state index contributed by atoms with van der Waals surface area (Å²) >= 11 is 0. The number of pyridine rings is 1. The molecule has 2 rings (SSSR count). The van der Waals surface area contributed by atoms with Crippen molar-refractivity contribution in [1.82, 2.24) is 15.6 Å². The van der Waals surface area contributed by atoms with E-state index in [2.05, 4.69) is 33.6 Å². The zero-order valence-corrected chi connectivity index (χ0v) is 15.1. The summed E-state index contributed by atoms with van der Waals surface area (Å²) in [4.78, 5) is 8.34. The van der Waals surface area contributed by atoms with Crippen molar-refractivity contribution in [3.05, 3.63) is 30.1 Å². The molecule has 1 aromatic heterocycles. The SMILES string of the molecule is CN=C(NCCc1cccnc1)NCC1(C)CCCO1.I. The van der Waals surface area contributed by atoms with E-state index in [4.69, 9.17) is 4.74 Å². The van der Waals surface area contributed by atoms with Gasteiger partial charge in [0.25, 0.3) is 0 Å². The van der Waals surface area contributed by atoms with Crippen molar-refractivity contribution in [3.8, 4) is 0 Å². The normalized spacial score (nSPS) is 21.7. The maximum atomic E-state index is 5.76. The lowest BCUT2D eigenvalue weighted by atomic mass is 10.0. The lowest BCUT2D eigenvalue weighted by Gasteiger charge is -2.24. The number of rotatable bonds is 5. The van der Waals surface area contributed by atoms with Gasteiger partial charge in [-0.05, 0) is 37.8 Å². The zero-order valence-electron chi connectivity index (χ0n) is 12.8. The highest BCUT2D eigenvalue weighted by molar-refractivity contribution is 14.0. The summed E-state index contributed by atoms with van der Waals surface area (Å²) in [5.41, 5.74) is 1.17. The lowest BCUT2D eigenvalue weighted by molar-refractivity contribution is 0.0243. The molecule has 21 heavy (non-hydrogen) atoms. The van der Waals surface area contributed by atoms with Gasteiger partial charge in [-0.2, -0.15) is 0 Å². The minimum atomic E-state index is -0.0546. The van der Waals surface area contributed by atoms with Crippen LogP contribution in [-0.2, 0) is 11.2 Å². The van der Waals surface area contributed by atoms with Crippen LogP contribution in [0.3, 0.4) is 0 Å². The number of ether oxygens (including phenoxy) is 1. The largest absolute Gasteiger partial charge is 0.373 e. The molecule has 0 bridgehead atoms. The molecule has 118 valence electrons. The number of nitrogens with zero attached hydrogens (tertiary/aromatic N) is 2. The summed E-state index contributed by atoms with van der Waals surface area (Å²) in [6, 6.07) is 4.04. The Hall–Kier alpha value is -0.890. The minimum Gasteiger partial charge on any atom is -0.373 e. The molecule has 1 saturated heterocycles. The molecule has 1 fully saturated rings. The Morgan fingerprint density at radius 1 is 1.48 bits per heavy atom. The van der Waals surface area contributed by atoms with Crippen molar-refractivity contribution in [2.24, 2.45) is 4.99 Å². The zero-order chi connectivity index (χ0) is 14.3. The van der Waals surface area contributed by atoms with Gasteiger partial charge in [-0.3, -0.25) is 9.98 Å². The van der Waals surface area contributed by atoms with Crippen LogP contribution >= 0.6 is 24.0 Å². The van der Waals surface area contributed by atoms with Crippen molar-refractivity contribution in [2.45, 2.75) is 31.8 Å². The minimum absolute atomic E-state index is 0. The molecule has 1 unspecified atom stereocenters. The van der Waals surface area contributed by atoms with Gasteiger partial charge in [-0.1, -0.05) is 6.07 Å². The standard InChI is InChI=1S/C15H24N4O.HI/c1-15(7-4-10-20-15)12-19-14(16-2)18-9-6-13-5-3-8-17-11-13;/h3,5,8,11H,4,6-7,9-10,12H2,1-2H3,(H2,16,18,19);1H. The summed E-state index contributed by atoms with van der Waals surface area (Å²) in [7, 11) is 1.79. The highest BCUT2D eigenvalue weighted by Gasteiger charge is 2.29. The van der Waals surface area contributed by atoms with E-state index in [1.807, 2.05) is 12.3 Å². The molecule has 1 atom stereocenters. The average Bonchev–Trinajstić information content (AvgIpc) is 2.91. The third-order valence-electron chi connectivity index (χ3n) is 3.58. The first kappa shape index (κ1) is 18.2. The van der Waals surface area contributed by atoms with Crippen molar-refractivity contribution >= 4 is 29.9 Å². The van der Waals surface area contributed by atoms with E-state index in [1.54, 1.807) is 13.2 Å². The van der Waals surface area contributed by atoms with Gasteiger partial charge in [-0.25, -0.2) is 0 Å². The highest BCUT2D eigenvalue weighted by atomic mass is 127. The van der Waals surface area contributed by atoms with Gasteiger partial charge in [0.15, 0.2) is 5.96 Å². The number of halogens is 1. The summed E-state index contributed by atoms with van der Waals surface area (Å²) in [6.07, 6.45) is 6.87. The number of nitrogens with one attached hydrogen (secondary N) is 2. The topological polar surface area (TPSA) is 58.5 Å². The van der Waals surface area contributed by atoms with Crippen LogP contribution in [0.25, 0.3) is 0 Å². The molecule has 2 heterocycles. The molecular formula is C15H25IN4O. The van der Waals surface area contributed by atoms with Crippen LogP contribution < -0.4 is 10.6 Å². The van der Waals surface area contributed by atoms with Crippen LogP contribution in [0.2, 0.25) is 0 Å². The molecule has 5 nitrogen and oxygen atoms in total. The first-order chi connectivity index (χ1) is 9.72. The Morgan fingerprint density at radius 3 is 2.95 bits per heavy atom. The van der Waals surface area contributed by atoms with Crippen LogP contribution in [-0.4, -0.2) is 43.3 Å². The lowest BCUT2D eigenvalue weighted by Crippen LogP contribution is -2.45. The fraction of sp³-hybridized carbons (Fsp3) is 0.600. The van der Waals surface area contributed by atoms with Crippen LogP contribution in [0.1, 0.15) is 25.3 Å². The summed E-state index contributed by atoms with van der Waals surface area (Å²) in [6.45, 7) is 4.64. The molecule has 0 radical (unpaired) electrons. The molecule has 0 amide bonds. The quantitative estimate of drug-likeness (QED) is 0.448. The fourth-order valence-electron chi connectivity index (χ4n) is 2.34. The second-order valence-electron chi connectivity index (χ2n) is 5.37. The average molecular weight is 404 g/mol. The van der Waals surface area contributed by atoms with Crippen molar-refractivity contribution in [1.29, 1.82) is 0 Å². The first-order valence-corrected chi connectivity index (χ1v) is 7.19. The van der Waals surface area contributed by atoms with Gasteiger partial charge in [0.1, 0.15) is 0 Å². The Bertz CT molecular complexity index is 433. The second-order valence-corrected chi connectivity index (χ2v) is 5.37. The van der Waals surface area contributed by atoms with E-state index in [-0.39, 0.29) is 29.6 Å². The molecule has 0 saturated carbocycles. The number of aromatic nitrogens is 1. The van der Waals surface area contributed by atoms with E-state index in [1.165, 1.54) is 5.56 Å². The summed E-state index contributed by atoms with van der Waals surface area (Å²) in [5, 5.41) is 6.65. The summed E-state index contributed by atoms with van der Waals surface area (Å²) < 4.78 is 5.76. The van der Waals surface area contributed by atoms with Crippen molar-refractivity contribution in [3.63, 3.8) is 0 Å². The second kappa shape index (κ2) is 9.19. The van der Waals surface area contributed by atoms with E-state index in [0.29, 0.717) is 0 Å². The maximum absolute atomic E-state index is 5.76. The number of aliphatic imine (C=N–C) groups is 1. The smallest absolute Gasteiger partial charge is 0.191 e. The Kier molecular flexibility index (Phi) is 7.95. The summed E-state index contributed by atoms with van der Waals surface area (Å²) in [5.74, 6) is 0.825. The molecule has 0 aromatic carbocycles. The molecule has 2 N–H and O–H groups in total. The van der Waals surface area contributed by atoms with E-state index >= 15 is 0 Å². The molecule has 6 heteroatoms. The van der Waals surface area contributed by atoms with Gasteiger partial charge >= 0.3 is 0 Å². The predicted molar refractivity (Wildman–Crippen MR) is 96.3 cm³/mol. The van der Waals surface area contributed by atoms with Gasteiger partial charge in [0, 0.05) is 39.1 Å². The third-order valence-corrected chi connectivity index (χ3v) is 3.58. The number of hydrogen-bond donors (Lipinski definition) is 2. The number of guanidine groups is 1. The third kappa shape index (κ3) is 6.17. The Balaban J connectivity index is 0.00000220. The predicted octanol–water partition coefficient (Wildman–Crippen LogP) is 1.98. The van der Waals surface area contributed by atoms with E-state index in [0.717, 1.165) is 44.9 Å². The van der Waals surface area contributed by atoms with Crippen LogP contribution in [0.15, 0.2) is 29.5 Å². The van der Waals surface area contributed by atoms with Gasteiger partial charge in [0.2, 0.25) is 0 Å². The maximum Gasteiger partial charge on any atom is 0.191 e. The van der Waals surface area contributed by atoms with E-state index < -0.39 is 0 Å². The molecule has 0 aliphatic carbocycles. The van der Waals surface area contributed by atoms with Gasteiger partial charge in [0.05, 0.1) is 5.60 Å². The molecular weight excluding hydrogens is 379 g/mol. The Labute approximate surface area is 144 Å². The van der Waals surface area contributed by atoms with Crippen molar-refractivity contribution in [2.75, 3.05) is 26.7 Å². The van der Waals surface area contributed by atoms with Crippen molar-refractivity contribution < 1.29 is 4.74 Å². The monoisotopic (exact) mass is 404 g/mol.